The molecule has 2 aromatic rings. The van der Waals surface area contributed by atoms with E-state index in [9.17, 15) is 14.4 Å². The van der Waals surface area contributed by atoms with Gasteiger partial charge in [0, 0.05) is 18.5 Å². The molecule has 0 fully saturated rings. The average Bonchev–Trinajstić information content (AvgIpc) is 3.04. The maximum atomic E-state index is 12.4. The van der Waals surface area contributed by atoms with Crippen LogP contribution in [0.1, 0.15) is 37.3 Å². The largest absolute Gasteiger partial charge is 0.481 e. The van der Waals surface area contributed by atoms with E-state index in [-0.39, 0.29) is 44.0 Å². The maximum absolute atomic E-state index is 12.4. The molecule has 0 radical (unpaired) electrons. The average molecular weight is 410 g/mol. The van der Waals surface area contributed by atoms with Crippen LogP contribution in [0.3, 0.4) is 0 Å². The first kappa shape index (κ1) is 21.4. The minimum Gasteiger partial charge on any atom is -0.481 e. The predicted molar refractivity (Wildman–Crippen MR) is 112 cm³/mol. The smallest absolute Gasteiger partial charge is 0.407 e. The van der Waals surface area contributed by atoms with Gasteiger partial charge in [-0.1, -0.05) is 48.5 Å². The van der Waals surface area contributed by atoms with Crippen molar-refractivity contribution in [2.24, 2.45) is 0 Å². The van der Waals surface area contributed by atoms with Gasteiger partial charge in [0.15, 0.2) is 0 Å². The normalized spacial score (nSPS) is 12.2. The third-order valence-electron chi connectivity index (χ3n) is 5.24. The molecule has 30 heavy (non-hydrogen) atoms. The van der Waals surface area contributed by atoms with Crippen LogP contribution in [-0.4, -0.2) is 53.7 Å². The second kappa shape index (κ2) is 9.43. The summed E-state index contributed by atoms with van der Waals surface area (Å²) in [5, 5.41) is 11.3. The third kappa shape index (κ3) is 4.79. The zero-order chi connectivity index (χ0) is 21.7. The van der Waals surface area contributed by atoms with E-state index in [0.717, 1.165) is 22.3 Å². The molecule has 0 spiro atoms. The summed E-state index contributed by atoms with van der Waals surface area (Å²) in [5.74, 6) is -1.38. The van der Waals surface area contributed by atoms with E-state index < -0.39 is 12.1 Å². The van der Waals surface area contributed by atoms with Crippen LogP contribution in [0.2, 0.25) is 0 Å². The highest BCUT2D eigenvalue weighted by molar-refractivity contribution is 5.83. The molecule has 2 aromatic carbocycles. The molecular formula is C23H26N2O5. The minimum absolute atomic E-state index is 0.0541. The Morgan fingerprint density at radius 3 is 2.13 bits per heavy atom. The molecule has 0 aliphatic heterocycles. The SMILES string of the molecule is CC(C)N(CCC(=O)O)C(=O)CNC(=O)OCC1c2ccccc2-c2ccccc21. The number of benzene rings is 2. The lowest BCUT2D eigenvalue weighted by Gasteiger charge is -2.26. The summed E-state index contributed by atoms with van der Waals surface area (Å²) in [5.41, 5.74) is 4.51. The number of amides is 2. The molecule has 1 aliphatic rings. The molecule has 0 heterocycles. The number of nitrogens with zero attached hydrogens (tertiary/aromatic N) is 1. The number of hydrogen-bond acceptors (Lipinski definition) is 4. The Morgan fingerprint density at radius 1 is 1.03 bits per heavy atom. The number of fused-ring (bicyclic) bond motifs is 3. The van der Waals surface area contributed by atoms with Gasteiger partial charge in [0.05, 0.1) is 6.42 Å². The first-order valence-electron chi connectivity index (χ1n) is 9.98. The Bertz CT molecular complexity index is 895. The maximum Gasteiger partial charge on any atom is 0.407 e. The number of ether oxygens (including phenoxy) is 1. The van der Waals surface area contributed by atoms with Crippen LogP contribution < -0.4 is 5.32 Å². The van der Waals surface area contributed by atoms with Crippen molar-refractivity contribution < 1.29 is 24.2 Å². The van der Waals surface area contributed by atoms with Gasteiger partial charge in [-0.2, -0.15) is 0 Å². The monoisotopic (exact) mass is 410 g/mol. The predicted octanol–water partition coefficient (Wildman–Crippen LogP) is 3.24. The van der Waals surface area contributed by atoms with Crippen LogP contribution in [0, 0.1) is 0 Å². The van der Waals surface area contributed by atoms with Crippen LogP contribution in [0.5, 0.6) is 0 Å². The van der Waals surface area contributed by atoms with Crippen molar-refractivity contribution in [1.29, 1.82) is 0 Å². The van der Waals surface area contributed by atoms with Gasteiger partial charge in [-0.3, -0.25) is 9.59 Å². The summed E-state index contributed by atoms with van der Waals surface area (Å²) in [4.78, 5) is 36.7. The number of carbonyl (C=O) groups is 3. The summed E-state index contributed by atoms with van der Waals surface area (Å²) in [6.07, 6.45) is -0.818. The van der Waals surface area contributed by atoms with Gasteiger partial charge >= 0.3 is 12.1 Å². The van der Waals surface area contributed by atoms with Gasteiger partial charge in [0.25, 0.3) is 0 Å². The van der Waals surface area contributed by atoms with Crippen molar-refractivity contribution in [2.75, 3.05) is 19.7 Å². The molecule has 2 amide bonds. The quantitative estimate of drug-likeness (QED) is 0.697. The Labute approximate surface area is 175 Å². The van der Waals surface area contributed by atoms with Gasteiger partial charge in [-0.25, -0.2) is 4.79 Å². The summed E-state index contributed by atoms with van der Waals surface area (Å²) in [7, 11) is 0. The number of aliphatic carboxylic acids is 1. The molecular weight excluding hydrogens is 384 g/mol. The molecule has 2 N–H and O–H groups in total. The van der Waals surface area contributed by atoms with E-state index in [1.807, 2.05) is 36.4 Å². The molecule has 0 saturated carbocycles. The standard InChI is InChI=1S/C23H26N2O5/c1-15(2)25(12-11-22(27)28)21(26)13-24-23(29)30-14-20-18-9-5-3-7-16(18)17-8-4-6-10-19(17)20/h3-10,15,20H,11-14H2,1-2H3,(H,24,29)(H,27,28). The fourth-order valence-electron chi connectivity index (χ4n) is 3.79. The number of nitrogens with one attached hydrogen (secondary N) is 1. The van der Waals surface area contributed by atoms with E-state index in [4.69, 9.17) is 9.84 Å². The first-order chi connectivity index (χ1) is 14.4. The number of rotatable bonds is 8. The molecule has 0 unspecified atom stereocenters. The van der Waals surface area contributed by atoms with E-state index in [2.05, 4.69) is 17.4 Å². The van der Waals surface area contributed by atoms with Crippen molar-refractivity contribution in [2.45, 2.75) is 32.2 Å². The van der Waals surface area contributed by atoms with E-state index >= 15 is 0 Å². The lowest BCUT2D eigenvalue weighted by Crippen LogP contribution is -2.44. The highest BCUT2D eigenvalue weighted by atomic mass is 16.5. The number of carboxylic acid groups (broad SMARTS) is 1. The fraction of sp³-hybridized carbons (Fsp3) is 0.348. The molecule has 0 saturated heterocycles. The molecule has 3 rings (SSSR count). The summed E-state index contributed by atoms with van der Waals surface area (Å²) in [6.45, 7) is 3.62. The number of alkyl carbamates (subject to hydrolysis) is 1. The molecule has 0 aromatic heterocycles. The van der Waals surface area contributed by atoms with E-state index in [1.54, 1.807) is 13.8 Å². The van der Waals surface area contributed by atoms with Crippen molar-refractivity contribution >= 4 is 18.0 Å². The highest BCUT2D eigenvalue weighted by Gasteiger charge is 2.29. The molecule has 158 valence electrons. The summed E-state index contributed by atoms with van der Waals surface area (Å²) in [6, 6.07) is 15.9. The van der Waals surface area contributed by atoms with Crippen LogP contribution >= 0.6 is 0 Å². The van der Waals surface area contributed by atoms with Crippen molar-refractivity contribution in [3.63, 3.8) is 0 Å². The summed E-state index contributed by atoms with van der Waals surface area (Å²) < 4.78 is 5.41. The number of carboxylic acids is 1. The molecule has 1 aliphatic carbocycles. The van der Waals surface area contributed by atoms with Crippen LogP contribution in [0.4, 0.5) is 4.79 Å². The Kier molecular flexibility index (Phi) is 6.72. The second-order valence-electron chi connectivity index (χ2n) is 7.50. The first-order valence-corrected chi connectivity index (χ1v) is 9.98. The van der Waals surface area contributed by atoms with Gasteiger partial charge in [-0.15, -0.1) is 0 Å². The minimum atomic E-state index is -0.974. The van der Waals surface area contributed by atoms with Crippen molar-refractivity contribution in [3.05, 3.63) is 59.7 Å². The van der Waals surface area contributed by atoms with Crippen molar-refractivity contribution in [1.82, 2.24) is 10.2 Å². The number of carbonyl (C=O) groups excluding carboxylic acids is 2. The van der Waals surface area contributed by atoms with E-state index in [0.29, 0.717) is 0 Å². The highest BCUT2D eigenvalue weighted by Crippen LogP contribution is 2.44. The summed E-state index contributed by atoms with van der Waals surface area (Å²) >= 11 is 0. The lowest BCUT2D eigenvalue weighted by atomic mass is 9.98. The Morgan fingerprint density at radius 2 is 1.60 bits per heavy atom. The van der Waals surface area contributed by atoms with Gasteiger partial charge in [-0.05, 0) is 36.1 Å². The second-order valence-corrected chi connectivity index (χ2v) is 7.50. The molecule has 0 bridgehead atoms. The lowest BCUT2D eigenvalue weighted by molar-refractivity contribution is -0.138. The van der Waals surface area contributed by atoms with Gasteiger partial charge in [0.1, 0.15) is 13.2 Å². The zero-order valence-electron chi connectivity index (χ0n) is 17.1. The number of hydrogen-bond donors (Lipinski definition) is 2. The third-order valence-corrected chi connectivity index (χ3v) is 5.24. The van der Waals surface area contributed by atoms with Crippen LogP contribution in [-0.2, 0) is 14.3 Å². The Balaban J connectivity index is 1.56. The zero-order valence-corrected chi connectivity index (χ0v) is 17.1. The topological polar surface area (TPSA) is 95.9 Å². The van der Waals surface area contributed by atoms with Crippen LogP contribution in [0.15, 0.2) is 48.5 Å². The Hall–Kier alpha value is -3.35. The molecule has 7 nitrogen and oxygen atoms in total. The fourth-order valence-corrected chi connectivity index (χ4v) is 3.79. The van der Waals surface area contributed by atoms with Crippen LogP contribution in [0.25, 0.3) is 11.1 Å². The molecule has 7 heteroatoms. The van der Waals surface area contributed by atoms with Gasteiger partial charge < -0.3 is 20.1 Å². The van der Waals surface area contributed by atoms with Crippen molar-refractivity contribution in [3.8, 4) is 11.1 Å². The molecule has 0 atom stereocenters. The van der Waals surface area contributed by atoms with Gasteiger partial charge in [0.2, 0.25) is 5.91 Å². The van der Waals surface area contributed by atoms with E-state index in [1.165, 1.54) is 4.90 Å².